The molecule has 0 aliphatic heterocycles. The van der Waals surface area contributed by atoms with Crippen molar-refractivity contribution in [2.75, 3.05) is 6.61 Å². The SMILES string of the molecule is C=S(=O)(NC(=O)OCC)c1cccc(CBr)c1. The third-order valence-corrected chi connectivity index (χ3v) is 4.12. The van der Waals surface area contributed by atoms with Crippen molar-refractivity contribution in [2.45, 2.75) is 17.1 Å². The molecule has 6 heteroatoms. The molecule has 0 aliphatic rings. The molecule has 0 fully saturated rings. The zero-order valence-corrected chi connectivity index (χ0v) is 11.8. The van der Waals surface area contributed by atoms with Crippen LogP contribution >= 0.6 is 15.9 Å². The number of amides is 1. The van der Waals surface area contributed by atoms with Gasteiger partial charge in [-0.05, 0) is 30.5 Å². The zero-order chi connectivity index (χ0) is 12.9. The molecule has 0 aromatic heterocycles. The van der Waals surface area contributed by atoms with Crippen LogP contribution in [0.1, 0.15) is 12.5 Å². The summed E-state index contributed by atoms with van der Waals surface area (Å²) in [6.45, 7) is 1.90. The van der Waals surface area contributed by atoms with Crippen molar-refractivity contribution in [3.63, 3.8) is 0 Å². The Hall–Kier alpha value is -1.01. The van der Waals surface area contributed by atoms with Crippen molar-refractivity contribution in [1.29, 1.82) is 0 Å². The summed E-state index contributed by atoms with van der Waals surface area (Å²) >= 11 is 3.31. The molecule has 0 aliphatic carbocycles. The molecule has 1 rings (SSSR count). The highest BCUT2D eigenvalue weighted by molar-refractivity contribution is 9.08. The Morgan fingerprint density at radius 3 is 2.88 bits per heavy atom. The summed E-state index contributed by atoms with van der Waals surface area (Å²) in [5.74, 6) is 3.54. The topological polar surface area (TPSA) is 55.4 Å². The van der Waals surface area contributed by atoms with Gasteiger partial charge in [0.15, 0.2) is 0 Å². The van der Waals surface area contributed by atoms with Crippen LogP contribution in [0.25, 0.3) is 0 Å². The second-order valence-corrected chi connectivity index (χ2v) is 5.87. The molecule has 1 N–H and O–H groups in total. The lowest BCUT2D eigenvalue weighted by atomic mass is 10.2. The van der Waals surface area contributed by atoms with E-state index in [9.17, 15) is 9.00 Å². The van der Waals surface area contributed by atoms with E-state index in [2.05, 4.69) is 31.3 Å². The van der Waals surface area contributed by atoms with Gasteiger partial charge < -0.3 is 4.74 Å². The number of hydrogen-bond donors (Lipinski definition) is 1. The monoisotopic (exact) mass is 319 g/mol. The van der Waals surface area contributed by atoms with Gasteiger partial charge in [0.1, 0.15) is 0 Å². The highest BCUT2D eigenvalue weighted by atomic mass is 79.9. The van der Waals surface area contributed by atoms with E-state index in [1.165, 1.54) is 0 Å². The molecule has 0 bridgehead atoms. The minimum absolute atomic E-state index is 0.225. The van der Waals surface area contributed by atoms with E-state index in [1.54, 1.807) is 25.1 Å². The average molecular weight is 320 g/mol. The number of hydrogen-bond acceptors (Lipinski definition) is 3. The van der Waals surface area contributed by atoms with Gasteiger partial charge in [0, 0.05) is 10.2 Å². The Balaban J connectivity index is 2.93. The lowest BCUT2D eigenvalue weighted by Gasteiger charge is -2.11. The molecule has 0 saturated heterocycles. The molecule has 1 aromatic rings. The maximum absolute atomic E-state index is 12.2. The summed E-state index contributed by atoms with van der Waals surface area (Å²) in [4.78, 5) is 11.7. The van der Waals surface area contributed by atoms with Crippen LogP contribution in [0.3, 0.4) is 0 Å². The maximum Gasteiger partial charge on any atom is 0.418 e. The summed E-state index contributed by atoms with van der Waals surface area (Å²) < 4.78 is 19.1. The van der Waals surface area contributed by atoms with Crippen molar-refractivity contribution in [3.05, 3.63) is 29.8 Å². The summed E-state index contributed by atoms with van der Waals surface area (Å²) in [5.41, 5.74) is 0.963. The van der Waals surface area contributed by atoms with Gasteiger partial charge in [0.05, 0.1) is 16.3 Å². The first-order valence-corrected chi connectivity index (χ1v) is 7.81. The van der Waals surface area contributed by atoms with E-state index in [0.717, 1.165) is 5.56 Å². The van der Waals surface area contributed by atoms with Gasteiger partial charge in [-0.25, -0.2) is 13.7 Å². The van der Waals surface area contributed by atoms with Crippen LogP contribution < -0.4 is 4.72 Å². The summed E-state index contributed by atoms with van der Waals surface area (Å²) in [5, 5.41) is 0.649. The fraction of sp³-hybridized carbons (Fsp3) is 0.273. The van der Waals surface area contributed by atoms with Crippen molar-refractivity contribution < 1.29 is 13.7 Å². The van der Waals surface area contributed by atoms with Crippen LogP contribution in [0.5, 0.6) is 0 Å². The molecule has 0 heterocycles. The molecule has 94 valence electrons. The number of rotatable bonds is 4. The number of alkyl halides is 1. The number of carbonyl (C=O) groups excluding carboxylic acids is 1. The Morgan fingerprint density at radius 1 is 1.59 bits per heavy atom. The Labute approximate surface area is 110 Å². The molecule has 4 nitrogen and oxygen atoms in total. The molecule has 17 heavy (non-hydrogen) atoms. The molecule has 1 unspecified atom stereocenters. The highest BCUT2D eigenvalue weighted by Crippen LogP contribution is 2.13. The molecule has 1 aromatic carbocycles. The number of halogens is 1. The van der Waals surface area contributed by atoms with Gasteiger partial charge >= 0.3 is 6.09 Å². The molecule has 0 spiro atoms. The normalized spacial score (nSPS) is 13.8. The molecule has 1 amide bonds. The lowest BCUT2D eigenvalue weighted by molar-refractivity contribution is 0.159. The van der Waals surface area contributed by atoms with Gasteiger partial charge in [-0.3, -0.25) is 0 Å². The average Bonchev–Trinajstić information content (AvgIpc) is 2.28. The van der Waals surface area contributed by atoms with Crippen LogP contribution in [0.4, 0.5) is 4.79 Å². The van der Waals surface area contributed by atoms with E-state index in [4.69, 9.17) is 0 Å². The number of nitrogens with one attached hydrogen (secondary N) is 1. The van der Waals surface area contributed by atoms with Gasteiger partial charge in [-0.1, -0.05) is 28.1 Å². The fourth-order valence-electron chi connectivity index (χ4n) is 1.19. The Bertz CT molecular complexity index is 499. The Kier molecular flexibility index (Phi) is 5.02. The van der Waals surface area contributed by atoms with Crippen LogP contribution in [-0.4, -0.2) is 22.8 Å². The van der Waals surface area contributed by atoms with Crippen molar-refractivity contribution >= 4 is 37.6 Å². The van der Waals surface area contributed by atoms with E-state index in [1.807, 2.05) is 6.07 Å². The quantitative estimate of drug-likeness (QED) is 0.684. The first-order chi connectivity index (χ1) is 7.99. The van der Waals surface area contributed by atoms with Crippen LogP contribution in [0.2, 0.25) is 0 Å². The predicted octanol–water partition coefficient (Wildman–Crippen LogP) is 2.32. The molecular formula is C11H14BrNO3S. The highest BCUT2D eigenvalue weighted by Gasteiger charge is 2.12. The second-order valence-electron chi connectivity index (χ2n) is 3.28. The van der Waals surface area contributed by atoms with Crippen LogP contribution in [0.15, 0.2) is 29.2 Å². The molecule has 0 radical (unpaired) electrons. The molecule has 1 atom stereocenters. The smallest absolute Gasteiger partial charge is 0.418 e. The van der Waals surface area contributed by atoms with Gasteiger partial charge in [0.2, 0.25) is 0 Å². The van der Waals surface area contributed by atoms with Gasteiger partial charge in [-0.15, -0.1) is 0 Å². The van der Waals surface area contributed by atoms with Crippen LogP contribution in [-0.2, 0) is 19.8 Å². The maximum atomic E-state index is 12.2. The minimum atomic E-state index is -2.86. The minimum Gasteiger partial charge on any atom is -0.449 e. The van der Waals surface area contributed by atoms with Crippen LogP contribution in [0, 0.1) is 0 Å². The molecular weight excluding hydrogens is 306 g/mol. The first kappa shape index (κ1) is 14.1. The van der Waals surface area contributed by atoms with E-state index in [0.29, 0.717) is 10.2 Å². The summed E-state index contributed by atoms with van der Waals surface area (Å²) in [6, 6.07) is 7.05. The van der Waals surface area contributed by atoms with E-state index < -0.39 is 15.8 Å². The number of benzene rings is 1. The van der Waals surface area contributed by atoms with Crippen molar-refractivity contribution in [2.24, 2.45) is 0 Å². The standard InChI is InChI=1S/C11H14BrNO3S/c1-3-16-11(14)13-17(2,15)10-6-4-5-9(7-10)8-12/h4-7H,2-3,8H2,1H3,(H,13,14,15). The predicted molar refractivity (Wildman–Crippen MR) is 72.8 cm³/mol. The molecule has 0 saturated carbocycles. The van der Waals surface area contributed by atoms with Crippen molar-refractivity contribution in [3.8, 4) is 0 Å². The van der Waals surface area contributed by atoms with Gasteiger partial charge in [0.25, 0.3) is 0 Å². The van der Waals surface area contributed by atoms with E-state index in [-0.39, 0.29) is 6.61 Å². The third-order valence-electron chi connectivity index (χ3n) is 1.96. The summed E-state index contributed by atoms with van der Waals surface area (Å²) in [6.07, 6.45) is -0.725. The lowest BCUT2D eigenvalue weighted by Crippen LogP contribution is -2.31. The summed E-state index contributed by atoms with van der Waals surface area (Å²) in [7, 11) is -2.86. The first-order valence-electron chi connectivity index (χ1n) is 4.96. The fourth-order valence-corrected chi connectivity index (χ4v) is 2.62. The van der Waals surface area contributed by atoms with E-state index >= 15 is 0 Å². The number of carbonyl (C=O) groups is 1. The zero-order valence-electron chi connectivity index (χ0n) is 9.44. The van der Waals surface area contributed by atoms with Gasteiger partial charge in [-0.2, -0.15) is 0 Å². The van der Waals surface area contributed by atoms with Crippen molar-refractivity contribution in [1.82, 2.24) is 4.72 Å². The number of ether oxygens (including phenoxy) is 1. The third kappa shape index (κ3) is 4.05. The Morgan fingerprint density at radius 2 is 2.29 bits per heavy atom. The second kappa shape index (κ2) is 6.07. The largest absolute Gasteiger partial charge is 0.449 e.